The van der Waals surface area contributed by atoms with Gasteiger partial charge in [-0.05, 0) is 36.8 Å². The molecule has 1 atom stereocenters. The van der Waals surface area contributed by atoms with Crippen molar-refractivity contribution in [2.45, 2.75) is 13.0 Å². The highest BCUT2D eigenvalue weighted by atomic mass is 16.5. The predicted octanol–water partition coefficient (Wildman–Crippen LogP) is 2.33. The Morgan fingerprint density at radius 2 is 2.00 bits per heavy atom. The number of anilines is 2. The number of rotatable bonds is 2. The summed E-state index contributed by atoms with van der Waals surface area (Å²) in [5, 5.41) is 5.35. The van der Waals surface area contributed by atoms with Crippen molar-refractivity contribution < 1.29 is 14.3 Å². The lowest BCUT2D eigenvalue weighted by Gasteiger charge is -2.24. The average Bonchev–Trinajstić information content (AvgIpc) is 2.46. The highest BCUT2D eigenvalue weighted by molar-refractivity contribution is 6.15. The van der Waals surface area contributed by atoms with Gasteiger partial charge >= 0.3 is 0 Å². The van der Waals surface area contributed by atoms with E-state index in [0.29, 0.717) is 17.1 Å². The van der Waals surface area contributed by atoms with Crippen LogP contribution in [0.3, 0.4) is 0 Å². The van der Waals surface area contributed by atoms with E-state index in [9.17, 15) is 9.59 Å². The molecule has 2 N–H and O–H groups in total. The molecule has 0 saturated carbocycles. The summed E-state index contributed by atoms with van der Waals surface area (Å²) in [4.78, 5) is 24.2. The third-order valence-corrected chi connectivity index (χ3v) is 3.15. The normalized spacial score (nSPS) is 16.4. The van der Waals surface area contributed by atoms with Gasteiger partial charge in [-0.3, -0.25) is 9.59 Å². The maximum absolute atomic E-state index is 12.2. The van der Waals surface area contributed by atoms with Crippen molar-refractivity contribution in [1.82, 2.24) is 0 Å². The zero-order valence-corrected chi connectivity index (χ0v) is 11.4. The number of hydrogen-bond acceptors (Lipinski definition) is 3. The first-order chi connectivity index (χ1) is 10.1. The van der Waals surface area contributed by atoms with E-state index in [-0.39, 0.29) is 0 Å². The van der Waals surface area contributed by atoms with Crippen LogP contribution in [0.5, 0.6) is 5.75 Å². The quantitative estimate of drug-likeness (QED) is 0.831. The van der Waals surface area contributed by atoms with Crippen molar-refractivity contribution in [3.63, 3.8) is 0 Å². The minimum atomic E-state index is -1.19. The van der Waals surface area contributed by atoms with Crippen LogP contribution in [0.15, 0.2) is 48.5 Å². The molecule has 5 heteroatoms. The zero-order valence-electron chi connectivity index (χ0n) is 11.4. The van der Waals surface area contributed by atoms with E-state index in [1.807, 2.05) is 25.1 Å². The van der Waals surface area contributed by atoms with E-state index in [2.05, 4.69) is 10.6 Å². The minimum Gasteiger partial charge on any atom is -0.468 e. The summed E-state index contributed by atoms with van der Waals surface area (Å²) in [5.74, 6) is -0.479. The molecule has 1 unspecified atom stereocenters. The van der Waals surface area contributed by atoms with Gasteiger partial charge in [0.1, 0.15) is 5.75 Å². The Labute approximate surface area is 121 Å². The fraction of sp³-hybridized carbons (Fsp3) is 0.125. The molecule has 2 aromatic rings. The number of nitrogens with one attached hydrogen (secondary N) is 2. The lowest BCUT2D eigenvalue weighted by atomic mass is 10.2. The Hall–Kier alpha value is -2.82. The molecular weight excluding hydrogens is 268 g/mol. The first kappa shape index (κ1) is 13.2. The second-order valence-corrected chi connectivity index (χ2v) is 4.84. The number of aryl methyl sites for hydroxylation is 1. The van der Waals surface area contributed by atoms with Crippen LogP contribution in [0.25, 0.3) is 0 Å². The second-order valence-electron chi connectivity index (χ2n) is 4.84. The standard InChI is InChI=1S/C16H14N2O3/c1-10-5-4-6-11(9-10)17-15(19)14-16(20)18-12-7-2-3-8-13(12)21-14/h2-9,14H,1H3,(H,17,19)(H,18,20). The monoisotopic (exact) mass is 282 g/mol. The molecule has 0 bridgehead atoms. The van der Waals surface area contributed by atoms with Gasteiger partial charge in [0.2, 0.25) is 0 Å². The average molecular weight is 282 g/mol. The largest absolute Gasteiger partial charge is 0.468 e. The van der Waals surface area contributed by atoms with E-state index >= 15 is 0 Å². The highest BCUT2D eigenvalue weighted by Crippen LogP contribution is 2.29. The van der Waals surface area contributed by atoms with E-state index in [1.165, 1.54) is 0 Å². The second kappa shape index (κ2) is 5.28. The van der Waals surface area contributed by atoms with Crippen LogP contribution < -0.4 is 15.4 Å². The molecule has 1 heterocycles. The van der Waals surface area contributed by atoms with E-state index in [0.717, 1.165) is 5.56 Å². The van der Waals surface area contributed by atoms with Gasteiger partial charge in [-0.15, -0.1) is 0 Å². The van der Waals surface area contributed by atoms with Crippen LogP contribution in [-0.4, -0.2) is 17.9 Å². The van der Waals surface area contributed by atoms with Gasteiger partial charge in [0.05, 0.1) is 5.69 Å². The van der Waals surface area contributed by atoms with Gasteiger partial charge < -0.3 is 15.4 Å². The van der Waals surface area contributed by atoms with E-state index < -0.39 is 17.9 Å². The van der Waals surface area contributed by atoms with Gasteiger partial charge in [0.15, 0.2) is 0 Å². The van der Waals surface area contributed by atoms with Gasteiger partial charge in [0, 0.05) is 5.69 Å². The third-order valence-electron chi connectivity index (χ3n) is 3.15. The fourth-order valence-electron chi connectivity index (χ4n) is 2.15. The number of ether oxygens (including phenoxy) is 1. The lowest BCUT2D eigenvalue weighted by molar-refractivity contribution is -0.133. The molecule has 0 aliphatic carbocycles. The molecule has 1 aliphatic heterocycles. The summed E-state index contributed by atoms with van der Waals surface area (Å²) in [6.07, 6.45) is -1.19. The SMILES string of the molecule is Cc1cccc(NC(=O)C2Oc3ccccc3NC2=O)c1. The first-order valence-electron chi connectivity index (χ1n) is 6.57. The number of benzene rings is 2. The predicted molar refractivity (Wildman–Crippen MR) is 79.3 cm³/mol. The molecule has 0 spiro atoms. The van der Waals surface area contributed by atoms with Crippen molar-refractivity contribution in [3.8, 4) is 5.75 Å². The molecule has 3 rings (SSSR count). The molecule has 0 saturated heterocycles. The summed E-state index contributed by atoms with van der Waals surface area (Å²) in [6.45, 7) is 1.93. The maximum Gasteiger partial charge on any atom is 0.275 e. The summed E-state index contributed by atoms with van der Waals surface area (Å²) in [5.41, 5.74) is 2.23. The van der Waals surface area contributed by atoms with E-state index in [4.69, 9.17) is 4.74 Å². The van der Waals surface area contributed by atoms with Gasteiger partial charge in [0.25, 0.3) is 17.9 Å². The molecule has 1 aliphatic rings. The smallest absolute Gasteiger partial charge is 0.275 e. The van der Waals surface area contributed by atoms with Crippen LogP contribution in [0, 0.1) is 6.92 Å². The van der Waals surface area contributed by atoms with Gasteiger partial charge in [-0.2, -0.15) is 0 Å². The number of amides is 2. The molecule has 2 amide bonds. The van der Waals surface area contributed by atoms with Crippen LogP contribution in [-0.2, 0) is 9.59 Å². The summed E-state index contributed by atoms with van der Waals surface area (Å²) in [6, 6.07) is 14.4. The lowest BCUT2D eigenvalue weighted by Crippen LogP contribution is -2.45. The van der Waals surface area contributed by atoms with Crippen LogP contribution in [0.2, 0.25) is 0 Å². The molecule has 5 nitrogen and oxygen atoms in total. The van der Waals surface area contributed by atoms with Crippen LogP contribution >= 0.6 is 0 Å². The molecule has 2 aromatic carbocycles. The molecule has 0 radical (unpaired) electrons. The number of para-hydroxylation sites is 2. The molecule has 106 valence electrons. The molecule has 21 heavy (non-hydrogen) atoms. The summed E-state index contributed by atoms with van der Waals surface area (Å²) < 4.78 is 5.48. The van der Waals surface area contributed by atoms with Crippen molar-refractivity contribution >= 4 is 23.2 Å². The Bertz CT molecular complexity index is 712. The maximum atomic E-state index is 12.2. The number of hydrogen-bond donors (Lipinski definition) is 2. The topological polar surface area (TPSA) is 67.4 Å². The molecular formula is C16H14N2O3. The number of carbonyl (C=O) groups is 2. The Morgan fingerprint density at radius 1 is 1.19 bits per heavy atom. The van der Waals surface area contributed by atoms with E-state index in [1.54, 1.807) is 30.3 Å². The highest BCUT2D eigenvalue weighted by Gasteiger charge is 2.33. The van der Waals surface area contributed by atoms with Crippen molar-refractivity contribution in [3.05, 3.63) is 54.1 Å². The van der Waals surface area contributed by atoms with Gasteiger partial charge in [-0.1, -0.05) is 24.3 Å². The first-order valence-corrected chi connectivity index (χ1v) is 6.57. The Balaban J connectivity index is 1.78. The summed E-state index contributed by atoms with van der Waals surface area (Å²) >= 11 is 0. The van der Waals surface area contributed by atoms with Crippen LogP contribution in [0.4, 0.5) is 11.4 Å². The molecule has 0 aromatic heterocycles. The Morgan fingerprint density at radius 3 is 2.81 bits per heavy atom. The van der Waals surface area contributed by atoms with Gasteiger partial charge in [-0.25, -0.2) is 0 Å². The van der Waals surface area contributed by atoms with Crippen LogP contribution in [0.1, 0.15) is 5.56 Å². The van der Waals surface area contributed by atoms with Crippen molar-refractivity contribution in [1.29, 1.82) is 0 Å². The zero-order chi connectivity index (χ0) is 14.8. The summed E-state index contributed by atoms with van der Waals surface area (Å²) in [7, 11) is 0. The number of fused-ring (bicyclic) bond motifs is 1. The van der Waals surface area contributed by atoms with Crippen molar-refractivity contribution in [2.24, 2.45) is 0 Å². The molecule has 0 fully saturated rings. The Kier molecular flexibility index (Phi) is 3.31. The number of carbonyl (C=O) groups excluding carboxylic acids is 2. The minimum absolute atomic E-state index is 0.473. The third kappa shape index (κ3) is 2.72. The van der Waals surface area contributed by atoms with Crippen molar-refractivity contribution in [2.75, 3.05) is 10.6 Å². The fourth-order valence-corrected chi connectivity index (χ4v) is 2.15.